The number of fused-ring (bicyclic) bond motifs is 2. The van der Waals surface area contributed by atoms with Crippen molar-refractivity contribution in [1.29, 1.82) is 0 Å². The first kappa shape index (κ1) is 15.7. The van der Waals surface area contributed by atoms with E-state index in [9.17, 15) is 8.63 Å². The fraction of sp³-hybridized carbons (Fsp3) is 0.167. The largest absolute Gasteiger partial charge is 0.726 e. The first-order valence-electron chi connectivity index (χ1n) is 7.89. The second-order valence-corrected chi connectivity index (χ2v) is 5.93. The van der Waals surface area contributed by atoms with Crippen LogP contribution in [0.1, 0.15) is 24.0 Å². The molecule has 0 aromatic heterocycles. The molecule has 2 aromatic rings. The Balaban J connectivity index is 1.98. The zero-order chi connectivity index (χ0) is 17.6. The predicted molar refractivity (Wildman–Crippen MR) is 91.2 cm³/mol. The van der Waals surface area contributed by atoms with Crippen molar-refractivity contribution >= 4 is 18.7 Å². The van der Waals surface area contributed by atoms with E-state index in [0.717, 1.165) is 11.1 Å². The summed E-state index contributed by atoms with van der Waals surface area (Å²) in [6, 6.07) is 14.9. The van der Waals surface area contributed by atoms with Crippen LogP contribution in [0, 0.1) is 0 Å². The number of hydrogen-bond acceptors (Lipinski definition) is 4. The van der Waals surface area contributed by atoms with Crippen molar-refractivity contribution in [2.75, 3.05) is 7.11 Å². The first-order chi connectivity index (χ1) is 12.0. The molecule has 0 spiro atoms. The van der Waals surface area contributed by atoms with Gasteiger partial charge in [-0.3, -0.25) is 0 Å². The fourth-order valence-corrected chi connectivity index (χ4v) is 3.30. The van der Waals surface area contributed by atoms with Gasteiger partial charge in [0.1, 0.15) is 5.75 Å². The number of hydrogen-bond donors (Lipinski definition) is 0. The zero-order valence-corrected chi connectivity index (χ0v) is 13.7. The lowest BCUT2D eigenvalue weighted by molar-refractivity contribution is 0.174. The average molecular weight is 342 g/mol. The number of ether oxygens (including phenoxy) is 1. The molecule has 2 heterocycles. The van der Waals surface area contributed by atoms with Gasteiger partial charge >= 0.3 is 7.11 Å². The molecule has 128 valence electrons. The third-order valence-electron chi connectivity index (χ3n) is 4.36. The Bertz CT molecular complexity index is 896. The normalized spacial score (nSPS) is 20.6. The van der Waals surface area contributed by atoms with E-state index in [1.807, 2.05) is 36.4 Å². The SMILES string of the molecule is COc1ccc2c(c1)[C@H](c1ccccc1)C1=C(C)O[B-](F)(F)OC1=N2. The van der Waals surface area contributed by atoms with E-state index < -0.39 is 7.11 Å². The molecule has 4 nitrogen and oxygen atoms in total. The summed E-state index contributed by atoms with van der Waals surface area (Å²) < 4.78 is 42.3. The molecule has 25 heavy (non-hydrogen) atoms. The minimum absolute atomic E-state index is 0.0831. The molecule has 7 heteroatoms. The van der Waals surface area contributed by atoms with Gasteiger partial charge in [-0.15, -0.1) is 0 Å². The monoisotopic (exact) mass is 342 g/mol. The van der Waals surface area contributed by atoms with Crippen molar-refractivity contribution < 1.29 is 22.7 Å². The second-order valence-electron chi connectivity index (χ2n) is 5.93. The summed E-state index contributed by atoms with van der Waals surface area (Å²) in [4.78, 5) is 4.30. The number of aliphatic imine (C=N–C) groups is 1. The molecule has 2 aliphatic rings. The number of nitrogens with zero attached hydrogens (tertiary/aromatic N) is 1. The van der Waals surface area contributed by atoms with Gasteiger partial charge in [0.05, 0.1) is 24.1 Å². The lowest BCUT2D eigenvalue weighted by Gasteiger charge is -2.40. The molecule has 0 saturated carbocycles. The number of rotatable bonds is 2. The van der Waals surface area contributed by atoms with Crippen molar-refractivity contribution in [3.05, 3.63) is 71.0 Å². The summed E-state index contributed by atoms with van der Waals surface area (Å²) in [5, 5.41) is 0. The average Bonchev–Trinajstić information content (AvgIpc) is 2.59. The van der Waals surface area contributed by atoms with Crippen LogP contribution >= 0.6 is 0 Å². The maximum absolute atomic E-state index is 13.7. The van der Waals surface area contributed by atoms with E-state index in [0.29, 0.717) is 17.0 Å². The second kappa shape index (κ2) is 5.62. The van der Waals surface area contributed by atoms with Gasteiger partial charge in [-0.05, 0) is 36.2 Å². The molecule has 0 N–H and O–H groups in total. The number of benzene rings is 2. The van der Waals surface area contributed by atoms with Crippen molar-refractivity contribution in [3.8, 4) is 5.75 Å². The molecular weight excluding hydrogens is 327 g/mol. The van der Waals surface area contributed by atoms with E-state index in [1.165, 1.54) is 6.92 Å². The molecule has 1 atom stereocenters. The Morgan fingerprint density at radius 2 is 1.84 bits per heavy atom. The number of methoxy groups -OCH3 is 1. The summed E-state index contributed by atoms with van der Waals surface area (Å²) in [5.41, 5.74) is 2.88. The van der Waals surface area contributed by atoms with E-state index in [4.69, 9.17) is 14.0 Å². The zero-order valence-electron chi connectivity index (χ0n) is 13.7. The molecule has 4 rings (SSSR count). The molecule has 0 fully saturated rings. The van der Waals surface area contributed by atoms with E-state index in [2.05, 4.69) is 4.99 Å². The third-order valence-corrected chi connectivity index (χ3v) is 4.36. The van der Waals surface area contributed by atoms with Crippen LogP contribution in [0.15, 0.2) is 64.9 Å². The van der Waals surface area contributed by atoms with Crippen molar-refractivity contribution in [1.82, 2.24) is 0 Å². The summed E-state index contributed by atoms with van der Waals surface area (Å²) in [6.07, 6.45) is 0. The van der Waals surface area contributed by atoms with Gasteiger partial charge in [-0.2, -0.15) is 0 Å². The highest BCUT2D eigenvalue weighted by Gasteiger charge is 2.44. The highest BCUT2D eigenvalue weighted by Crippen LogP contribution is 2.47. The van der Waals surface area contributed by atoms with Gasteiger partial charge in [0.15, 0.2) is 5.90 Å². The smallest absolute Gasteiger partial charge is 0.630 e. The van der Waals surface area contributed by atoms with E-state index in [-0.39, 0.29) is 17.6 Å². The summed E-state index contributed by atoms with van der Waals surface area (Å²) in [6.45, 7) is 1.52. The van der Waals surface area contributed by atoms with Crippen molar-refractivity contribution in [2.24, 2.45) is 4.99 Å². The van der Waals surface area contributed by atoms with Crippen LogP contribution in [0.25, 0.3) is 0 Å². The highest BCUT2D eigenvalue weighted by molar-refractivity contribution is 6.55. The minimum Gasteiger partial charge on any atom is -0.630 e. The third kappa shape index (κ3) is 2.65. The Morgan fingerprint density at radius 1 is 1.08 bits per heavy atom. The highest BCUT2D eigenvalue weighted by atomic mass is 19.3. The molecule has 0 radical (unpaired) electrons. The first-order valence-corrected chi connectivity index (χ1v) is 7.89. The molecule has 2 aromatic carbocycles. The lowest BCUT2D eigenvalue weighted by Crippen LogP contribution is -2.41. The number of allylic oxidation sites excluding steroid dienone is 1. The van der Waals surface area contributed by atoms with Gasteiger partial charge < -0.3 is 22.7 Å². The van der Waals surface area contributed by atoms with Gasteiger partial charge in [0, 0.05) is 5.92 Å². The molecule has 2 aliphatic heterocycles. The Morgan fingerprint density at radius 3 is 2.56 bits per heavy atom. The molecule has 0 unspecified atom stereocenters. The van der Waals surface area contributed by atoms with Crippen LogP contribution < -0.4 is 4.74 Å². The van der Waals surface area contributed by atoms with Crippen LogP contribution in [-0.4, -0.2) is 20.1 Å². The summed E-state index contributed by atoms with van der Waals surface area (Å²) in [5.74, 6) is 0.382. The molecular formula is C18H15BF2NO3-. The number of halogens is 2. The van der Waals surface area contributed by atoms with Crippen molar-refractivity contribution in [2.45, 2.75) is 12.8 Å². The summed E-state index contributed by atoms with van der Waals surface area (Å²) in [7, 11) is -2.83. The van der Waals surface area contributed by atoms with Crippen LogP contribution in [0.2, 0.25) is 0 Å². The standard InChI is InChI=1S/C18H15BF2NO3/c1-11-16-17(12-6-4-3-5-7-12)14-10-13(23-2)8-9-15(14)22-18(16)25-19(20,21)24-11/h3-10,17H,1-2H3/q-1/t17-/m0/s1. The maximum atomic E-state index is 13.7. The Hall–Kier alpha value is -2.83. The van der Waals surface area contributed by atoms with Gasteiger partial charge in [0.25, 0.3) is 0 Å². The van der Waals surface area contributed by atoms with Gasteiger partial charge in [-0.25, -0.2) is 4.99 Å². The fourth-order valence-electron chi connectivity index (χ4n) is 3.30. The van der Waals surface area contributed by atoms with E-state index >= 15 is 0 Å². The van der Waals surface area contributed by atoms with Crippen LogP contribution in [0.3, 0.4) is 0 Å². The molecule has 0 amide bonds. The van der Waals surface area contributed by atoms with Crippen molar-refractivity contribution in [3.63, 3.8) is 0 Å². The quantitative estimate of drug-likeness (QED) is 0.751. The van der Waals surface area contributed by atoms with Crippen LogP contribution in [0.4, 0.5) is 14.3 Å². The predicted octanol–water partition coefficient (Wildman–Crippen LogP) is 4.57. The minimum atomic E-state index is -4.41. The molecule has 0 bridgehead atoms. The van der Waals surface area contributed by atoms with Gasteiger partial charge in [-0.1, -0.05) is 30.3 Å². The van der Waals surface area contributed by atoms with Gasteiger partial charge in [0.2, 0.25) is 0 Å². The summed E-state index contributed by atoms with van der Waals surface area (Å²) >= 11 is 0. The van der Waals surface area contributed by atoms with E-state index in [1.54, 1.807) is 19.2 Å². The molecule has 0 saturated heterocycles. The lowest BCUT2D eigenvalue weighted by atomic mass is 9.80. The van der Waals surface area contributed by atoms with Crippen LogP contribution in [-0.2, 0) is 9.31 Å². The Kier molecular flexibility index (Phi) is 3.52. The Labute approximate surface area is 143 Å². The molecule has 0 aliphatic carbocycles. The van der Waals surface area contributed by atoms with Crippen LogP contribution in [0.5, 0.6) is 5.75 Å². The maximum Gasteiger partial charge on any atom is 0.726 e. The topological polar surface area (TPSA) is 40.0 Å².